The monoisotopic (exact) mass is 302 g/mol. The van der Waals surface area contributed by atoms with E-state index in [2.05, 4.69) is 15.2 Å². The van der Waals surface area contributed by atoms with Crippen LogP contribution in [0.15, 0.2) is 24.3 Å². The quantitative estimate of drug-likeness (QED) is 0.905. The summed E-state index contributed by atoms with van der Waals surface area (Å²) in [6, 6.07) is 7.90. The Morgan fingerprint density at radius 2 is 1.86 bits per heavy atom. The summed E-state index contributed by atoms with van der Waals surface area (Å²) in [6.45, 7) is 2.31. The summed E-state index contributed by atoms with van der Waals surface area (Å²) in [6.07, 6.45) is 2.45. The van der Waals surface area contributed by atoms with Crippen LogP contribution < -0.4 is 4.90 Å². The fraction of sp³-hybridized carbons (Fsp3) is 0.400. The molecule has 0 radical (unpaired) electrons. The van der Waals surface area contributed by atoms with Crippen LogP contribution in [-0.2, 0) is 11.3 Å². The summed E-state index contributed by atoms with van der Waals surface area (Å²) >= 11 is 0. The highest BCUT2D eigenvalue weighted by Gasteiger charge is 2.20. The lowest BCUT2D eigenvalue weighted by atomic mass is 10.2. The largest absolute Gasteiger partial charge is 0.476 e. The highest BCUT2D eigenvalue weighted by atomic mass is 16.5. The Balaban J connectivity index is 1.91. The molecule has 1 aromatic carbocycles. The van der Waals surface area contributed by atoms with Crippen LogP contribution in [0.3, 0.4) is 0 Å². The molecule has 1 aliphatic heterocycles. The summed E-state index contributed by atoms with van der Waals surface area (Å²) in [7, 11) is 1.51. The molecule has 0 unspecified atom stereocenters. The first kappa shape index (κ1) is 14.5. The van der Waals surface area contributed by atoms with Gasteiger partial charge in [0.2, 0.25) is 0 Å². The van der Waals surface area contributed by atoms with Crippen LogP contribution in [0.25, 0.3) is 5.69 Å². The fourth-order valence-electron chi connectivity index (χ4n) is 2.72. The Hall–Kier alpha value is -2.41. The third-order valence-electron chi connectivity index (χ3n) is 3.81. The van der Waals surface area contributed by atoms with Gasteiger partial charge in [-0.05, 0) is 37.1 Å². The number of carbonyl (C=O) groups is 1. The van der Waals surface area contributed by atoms with E-state index in [0.29, 0.717) is 5.69 Å². The standard InChI is InChI=1S/C15H18N4O3/c1-22-10-13-14(15(20)21)16-17-19(13)12-6-4-11(5-7-12)18-8-2-3-9-18/h4-7H,2-3,8-10H2,1H3,(H,20,21). The molecule has 2 heterocycles. The third-order valence-corrected chi connectivity index (χ3v) is 3.81. The first-order chi connectivity index (χ1) is 10.7. The predicted molar refractivity (Wildman–Crippen MR) is 80.5 cm³/mol. The lowest BCUT2D eigenvalue weighted by molar-refractivity contribution is 0.0685. The van der Waals surface area contributed by atoms with Crippen molar-refractivity contribution in [1.29, 1.82) is 0 Å². The maximum atomic E-state index is 11.2. The Bertz CT molecular complexity index is 660. The molecule has 7 nitrogen and oxygen atoms in total. The number of benzene rings is 1. The van der Waals surface area contributed by atoms with Gasteiger partial charge in [0.15, 0.2) is 5.69 Å². The SMILES string of the molecule is COCc1c(C(=O)O)nnn1-c1ccc(N2CCCC2)cc1. The molecule has 1 N–H and O–H groups in total. The second-order valence-corrected chi connectivity index (χ2v) is 5.25. The minimum Gasteiger partial charge on any atom is -0.476 e. The van der Waals surface area contributed by atoms with Gasteiger partial charge in [-0.2, -0.15) is 0 Å². The molecule has 0 aliphatic carbocycles. The van der Waals surface area contributed by atoms with E-state index < -0.39 is 5.97 Å². The summed E-state index contributed by atoms with van der Waals surface area (Å²) in [5, 5.41) is 16.8. The smallest absolute Gasteiger partial charge is 0.358 e. The minimum atomic E-state index is -1.10. The Morgan fingerprint density at radius 3 is 2.45 bits per heavy atom. The van der Waals surface area contributed by atoms with E-state index in [9.17, 15) is 4.79 Å². The first-order valence-electron chi connectivity index (χ1n) is 7.23. The molecule has 0 bridgehead atoms. The minimum absolute atomic E-state index is 0.0783. The van der Waals surface area contributed by atoms with Crippen LogP contribution in [-0.4, -0.2) is 46.3 Å². The number of aromatic nitrogens is 3. The topological polar surface area (TPSA) is 80.5 Å². The summed E-state index contributed by atoms with van der Waals surface area (Å²) in [4.78, 5) is 13.5. The molecule has 1 fully saturated rings. The van der Waals surface area contributed by atoms with E-state index in [1.54, 1.807) is 0 Å². The number of hydrogen-bond acceptors (Lipinski definition) is 5. The molecule has 0 spiro atoms. The van der Waals surface area contributed by atoms with Crippen molar-refractivity contribution in [2.24, 2.45) is 0 Å². The number of ether oxygens (including phenoxy) is 1. The molecule has 0 amide bonds. The molecular weight excluding hydrogens is 284 g/mol. The molecule has 1 aliphatic rings. The molecule has 0 atom stereocenters. The fourth-order valence-corrected chi connectivity index (χ4v) is 2.72. The van der Waals surface area contributed by atoms with E-state index >= 15 is 0 Å². The van der Waals surface area contributed by atoms with Crippen LogP contribution in [0.5, 0.6) is 0 Å². The molecule has 1 aromatic heterocycles. The average molecular weight is 302 g/mol. The zero-order chi connectivity index (χ0) is 15.5. The lowest BCUT2D eigenvalue weighted by Gasteiger charge is -2.17. The van der Waals surface area contributed by atoms with Crippen LogP contribution in [0.2, 0.25) is 0 Å². The molecule has 0 saturated carbocycles. The highest BCUT2D eigenvalue weighted by molar-refractivity contribution is 5.86. The lowest BCUT2D eigenvalue weighted by Crippen LogP contribution is -2.17. The van der Waals surface area contributed by atoms with Gasteiger partial charge in [-0.15, -0.1) is 5.10 Å². The zero-order valence-corrected chi connectivity index (χ0v) is 12.4. The first-order valence-corrected chi connectivity index (χ1v) is 7.23. The maximum Gasteiger partial charge on any atom is 0.358 e. The average Bonchev–Trinajstić information content (AvgIpc) is 3.17. The van der Waals surface area contributed by atoms with Crippen LogP contribution in [0, 0.1) is 0 Å². The van der Waals surface area contributed by atoms with Crippen molar-refractivity contribution >= 4 is 11.7 Å². The number of aromatic carboxylic acids is 1. The maximum absolute atomic E-state index is 11.2. The van der Waals surface area contributed by atoms with Gasteiger partial charge in [0.25, 0.3) is 0 Å². The van der Waals surface area contributed by atoms with E-state index in [1.165, 1.54) is 30.3 Å². The Labute approximate surface area is 128 Å². The number of rotatable bonds is 5. The summed E-state index contributed by atoms with van der Waals surface area (Å²) in [5.41, 5.74) is 2.30. The second kappa shape index (κ2) is 6.15. The molecule has 1 saturated heterocycles. The van der Waals surface area contributed by atoms with E-state index in [0.717, 1.165) is 18.8 Å². The van der Waals surface area contributed by atoms with Crippen LogP contribution in [0.4, 0.5) is 5.69 Å². The van der Waals surface area contributed by atoms with Crippen LogP contribution >= 0.6 is 0 Å². The van der Waals surface area contributed by atoms with Crippen molar-refractivity contribution in [2.75, 3.05) is 25.1 Å². The predicted octanol–water partition coefficient (Wildman–Crippen LogP) is 1.71. The van der Waals surface area contributed by atoms with Gasteiger partial charge in [-0.1, -0.05) is 5.21 Å². The summed E-state index contributed by atoms with van der Waals surface area (Å²) in [5.74, 6) is -1.10. The molecular formula is C15H18N4O3. The molecule has 3 rings (SSSR count). The van der Waals surface area contributed by atoms with Gasteiger partial charge in [0, 0.05) is 25.9 Å². The van der Waals surface area contributed by atoms with Crippen molar-refractivity contribution in [3.8, 4) is 5.69 Å². The van der Waals surface area contributed by atoms with Gasteiger partial charge < -0.3 is 14.7 Å². The van der Waals surface area contributed by atoms with Crippen molar-refractivity contribution < 1.29 is 14.6 Å². The van der Waals surface area contributed by atoms with Gasteiger partial charge >= 0.3 is 5.97 Å². The number of carboxylic acids is 1. The van der Waals surface area contributed by atoms with Gasteiger partial charge in [-0.3, -0.25) is 0 Å². The normalized spacial score (nSPS) is 14.5. The second-order valence-electron chi connectivity index (χ2n) is 5.25. The third kappa shape index (κ3) is 2.67. The van der Waals surface area contributed by atoms with E-state index in [-0.39, 0.29) is 12.3 Å². The molecule has 7 heteroatoms. The van der Waals surface area contributed by atoms with Gasteiger partial charge in [0.05, 0.1) is 12.3 Å². The van der Waals surface area contributed by atoms with Crippen molar-refractivity contribution in [1.82, 2.24) is 15.0 Å². The zero-order valence-electron chi connectivity index (χ0n) is 12.4. The van der Waals surface area contributed by atoms with E-state index in [4.69, 9.17) is 9.84 Å². The van der Waals surface area contributed by atoms with E-state index in [1.807, 2.05) is 24.3 Å². The van der Waals surface area contributed by atoms with Crippen molar-refractivity contribution in [3.05, 3.63) is 35.7 Å². The van der Waals surface area contributed by atoms with Crippen molar-refractivity contribution in [3.63, 3.8) is 0 Å². The number of methoxy groups -OCH3 is 1. The molecule has 22 heavy (non-hydrogen) atoms. The van der Waals surface area contributed by atoms with Crippen molar-refractivity contribution in [2.45, 2.75) is 19.4 Å². The Morgan fingerprint density at radius 1 is 1.23 bits per heavy atom. The van der Waals surface area contributed by atoms with Crippen LogP contribution in [0.1, 0.15) is 29.0 Å². The highest BCUT2D eigenvalue weighted by Crippen LogP contribution is 2.22. The number of hydrogen-bond donors (Lipinski definition) is 1. The molecule has 2 aromatic rings. The van der Waals surface area contributed by atoms with Gasteiger partial charge in [-0.25, -0.2) is 9.48 Å². The van der Waals surface area contributed by atoms with Gasteiger partial charge in [0.1, 0.15) is 5.69 Å². The number of carboxylic acid groups (broad SMARTS) is 1. The number of anilines is 1. The Kier molecular flexibility index (Phi) is 4.06. The number of nitrogens with zero attached hydrogens (tertiary/aromatic N) is 4. The summed E-state index contributed by atoms with van der Waals surface area (Å²) < 4.78 is 6.59. The molecule has 116 valence electrons.